The molecule has 1 heterocycles. The molecule has 0 aliphatic carbocycles. The molecule has 0 atom stereocenters. The Morgan fingerprint density at radius 1 is 0.889 bits per heavy atom. The van der Waals surface area contributed by atoms with Crippen LogP contribution in [0.2, 0.25) is 5.02 Å². The molecule has 4 aromatic rings. The van der Waals surface area contributed by atoms with E-state index >= 15 is 0 Å². The summed E-state index contributed by atoms with van der Waals surface area (Å²) in [4.78, 5) is 27.8. The Hall–Kier alpha value is -3.17. The summed E-state index contributed by atoms with van der Waals surface area (Å²) in [6.07, 6.45) is 0. The van der Waals surface area contributed by atoms with Crippen LogP contribution in [0.4, 0.5) is 0 Å². The predicted molar refractivity (Wildman–Crippen MR) is 110 cm³/mol. The molecule has 0 spiro atoms. The number of rotatable bonds is 3. The maximum Gasteiger partial charge on any atom is 0.249 e. The molecular formula is C23H16ClNO2. The fraction of sp³-hybridized carbons (Fsp3) is 0.0435. The van der Waals surface area contributed by atoms with Crippen LogP contribution in [0.1, 0.15) is 21.5 Å². The van der Waals surface area contributed by atoms with Crippen LogP contribution < -0.4 is 5.56 Å². The monoisotopic (exact) mass is 373 g/mol. The number of fused-ring (bicyclic) bond motifs is 1. The Kier molecular flexibility index (Phi) is 4.38. The average molecular weight is 374 g/mol. The number of aryl methyl sites for hydroxylation is 1. The van der Waals surface area contributed by atoms with Gasteiger partial charge in [0.25, 0.3) is 0 Å². The molecular weight excluding hydrogens is 358 g/mol. The van der Waals surface area contributed by atoms with E-state index in [1.807, 2.05) is 37.3 Å². The van der Waals surface area contributed by atoms with Gasteiger partial charge in [0.15, 0.2) is 5.78 Å². The van der Waals surface area contributed by atoms with E-state index in [2.05, 4.69) is 4.98 Å². The van der Waals surface area contributed by atoms with E-state index in [-0.39, 0.29) is 11.3 Å². The van der Waals surface area contributed by atoms with Gasteiger partial charge in [0.05, 0.1) is 0 Å². The second-order valence-corrected chi connectivity index (χ2v) is 6.95. The van der Waals surface area contributed by atoms with Gasteiger partial charge in [0, 0.05) is 33.1 Å². The zero-order chi connectivity index (χ0) is 19.0. The molecule has 4 rings (SSSR count). The van der Waals surface area contributed by atoms with Gasteiger partial charge in [0.2, 0.25) is 5.56 Å². The number of carbonyl (C=O) groups is 1. The van der Waals surface area contributed by atoms with Crippen molar-refractivity contribution in [3.63, 3.8) is 0 Å². The van der Waals surface area contributed by atoms with E-state index in [9.17, 15) is 9.59 Å². The molecule has 132 valence electrons. The van der Waals surface area contributed by atoms with Crippen molar-refractivity contribution in [1.29, 1.82) is 0 Å². The lowest BCUT2D eigenvalue weighted by Gasteiger charge is -2.09. The first kappa shape index (κ1) is 17.3. The number of benzene rings is 3. The summed E-state index contributed by atoms with van der Waals surface area (Å²) >= 11 is 5.91. The quantitative estimate of drug-likeness (QED) is 0.489. The fourth-order valence-electron chi connectivity index (χ4n) is 3.21. The molecule has 3 aromatic carbocycles. The largest absolute Gasteiger partial charge is 0.322 e. The van der Waals surface area contributed by atoms with Gasteiger partial charge in [-0.15, -0.1) is 0 Å². The van der Waals surface area contributed by atoms with Gasteiger partial charge in [0.1, 0.15) is 0 Å². The lowest BCUT2D eigenvalue weighted by Crippen LogP contribution is -2.06. The van der Waals surface area contributed by atoms with Crippen molar-refractivity contribution in [2.24, 2.45) is 0 Å². The molecule has 0 bridgehead atoms. The molecule has 4 heteroatoms. The number of pyridine rings is 1. The molecule has 1 aromatic heterocycles. The minimum absolute atomic E-state index is 0.0880. The van der Waals surface area contributed by atoms with Gasteiger partial charge in [-0.1, -0.05) is 41.4 Å². The highest BCUT2D eigenvalue weighted by Gasteiger charge is 2.13. The van der Waals surface area contributed by atoms with Crippen LogP contribution in [0.5, 0.6) is 0 Å². The van der Waals surface area contributed by atoms with Crippen LogP contribution in [0.25, 0.3) is 22.0 Å². The normalized spacial score (nSPS) is 10.9. The van der Waals surface area contributed by atoms with Gasteiger partial charge in [-0.3, -0.25) is 9.59 Å². The number of H-pyrrole nitrogens is 1. The van der Waals surface area contributed by atoms with E-state index in [1.165, 1.54) is 0 Å². The summed E-state index contributed by atoms with van der Waals surface area (Å²) in [6, 6.07) is 21.7. The number of aromatic nitrogens is 1. The Balaban J connectivity index is 1.89. The Labute approximate surface area is 161 Å². The molecule has 0 fully saturated rings. The molecule has 0 aliphatic heterocycles. The van der Waals surface area contributed by atoms with E-state index < -0.39 is 0 Å². The summed E-state index contributed by atoms with van der Waals surface area (Å²) in [5, 5.41) is 1.42. The molecule has 0 saturated heterocycles. The zero-order valence-corrected chi connectivity index (χ0v) is 15.4. The lowest BCUT2D eigenvalue weighted by atomic mass is 9.96. The second kappa shape index (κ2) is 6.86. The highest BCUT2D eigenvalue weighted by molar-refractivity contribution is 6.30. The zero-order valence-electron chi connectivity index (χ0n) is 14.6. The minimum atomic E-state index is -0.171. The van der Waals surface area contributed by atoms with Crippen molar-refractivity contribution >= 4 is 28.3 Å². The van der Waals surface area contributed by atoms with Crippen molar-refractivity contribution in [3.05, 3.63) is 105 Å². The van der Waals surface area contributed by atoms with E-state index in [4.69, 9.17) is 11.6 Å². The SMILES string of the molecule is Cc1cccc(-c2cc(=O)[nH]c3ccc(C(=O)c4ccc(Cl)cc4)cc23)c1. The molecule has 27 heavy (non-hydrogen) atoms. The molecule has 0 unspecified atom stereocenters. The van der Waals surface area contributed by atoms with Crippen molar-refractivity contribution in [1.82, 2.24) is 4.98 Å². The van der Waals surface area contributed by atoms with E-state index in [0.29, 0.717) is 21.7 Å². The van der Waals surface area contributed by atoms with Crippen LogP contribution in [-0.4, -0.2) is 10.8 Å². The van der Waals surface area contributed by atoms with Crippen molar-refractivity contribution in [3.8, 4) is 11.1 Å². The third-order valence-electron chi connectivity index (χ3n) is 4.54. The lowest BCUT2D eigenvalue weighted by molar-refractivity contribution is 0.103. The number of ketones is 1. The third-order valence-corrected chi connectivity index (χ3v) is 4.79. The van der Waals surface area contributed by atoms with Gasteiger partial charge < -0.3 is 4.98 Å². The predicted octanol–water partition coefficient (Wildman–Crippen LogP) is 5.39. The van der Waals surface area contributed by atoms with E-state index in [0.717, 1.165) is 22.1 Å². The topological polar surface area (TPSA) is 49.9 Å². The smallest absolute Gasteiger partial charge is 0.249 e. The van der Waals surface area contributed by atoms with Crippen molar-refractivity contribution in [2.75, 3.05) is 0 Å². The first-order chi connectivity index (χ1) is 13.0. The van der Waals surface area contributed by atoms with Crippen LogP contribution in [0.3, 0.4) is 0 Å². The average Bonchev–Trinajstić information content (AvgIpc) is 2.67. The van der Waals surface area contributed by atoms with Crippen LogP contribution in [0, 0.1) is 6.92 Å². The molecule has 0 radical (unpaired) electrons. The summed E-state index contributed by atoms with van der Waals surface area (Å²) in [5.41, 5.74) is 4.52. The molecule has 3 nitrogen and oxygen atoms in total. The van der Waals surface area contributed by atoms with Crippen LogP contribution >= 0.6 is 11.6 Å². The number of nitrogens with one attached hydrogen (secondary N) is 1. The summed E-state index contributed by atoms with van der Waals surface area (Å²) < 4.78 is 0. The number of aromatic amines is 1. The van der Waals surface area contributed by atoms with E-state index in [1.54, 1.807) is 42.5 Å². The first-order valence-corrected chi connectivity index (χ1v) is 8.93. The number of halogens is 1. The number of hydrogen-bond acceptors (Lipinski definition) is 2. The molecule has 1 N–H and O–H groups in total. The van der Waals surface area contributed by atoms with Crippen LogP contribution in [-0.2, 0) is 0 Å². The van der Waals surface area contributed by atoms with Crippen LogP contribution in [0.15, 0.2) is 77.6 Å². The number of hydrogen-bond donors (Lipinski definition) is 1. The standard InChI is InChI=1S/C23H16ClNO2/c1-14-3-2-4-16(11-14)19-13-22(26)25-21-10-7-17(12-20(19)21)23(27)15-5-8-18(24)9-6-15/h2-13H,1H3,(H,25,26). The Morgan fingerprint density at radius 3 is 2.37 bits per heavy atom. The second-order valence-electron chi connectivity index (χ2n) is 6.51. The van der Waals surface area contributed by atoms with Crippen molar-refractivity contribution in [2.45, 2.75) is 6.92 Å². The van der Waals surface area contributed by atoms with Gasteiger partial charge in [-0.25, -0.2) is 0 Å². The highest BCUT2D eigenvalue weighted by atomic mass is 35.5. The maximum atomic E-state index is 12.9. The molecule has 0 aliphatic rings. The number of carbonyl (C=O) groups excluding carboxylic acids is 1. The molecule has 0 amide bonds. The van der Waals surface area contributed by atoms with Gasteiger partial charge in [-0.05, 0) is 60.5 Å². The highest BCUT2D eigenvalue weighted by Crippen LogP contribution is 2.28. The summed E-state index contributed by atoms with van der Waals surface area (Å²) in [7, 11) is 0. The van der Waals surface area contributed by atoms with Gasteiger partial charge in [-0.2, -0.15) is 0 Å². The fourth-order valence-corrected chi connectivity index (χ4v) is 3.34. The Morgan fingerprint density at radius 2 is 1.63 bits per heavy atom. The minimum Gasteiger partial charge on any atom is -0.322 e. The summed E-state index contributed by atoms with van der Waals surface area (Å²) in [5.74, 6) is -0.0880. The van der Waals surface area contributed by atoms with Crippen molar-refractivity contribution < 1.29 is 4.79 Å². The first-order valence-electron chi connectivity index (χ1n) is 8.56. The third kappa shape index (κ3) is 3.42. The molecule has 0 saturated carbocycles. The van der Waals surface area contributed by atoms with Gasteiger partial charge >= 0.3 is 0 Å². The Bertz CT molecular complexity index is 1220. The summed E-state index contributed by atoms with van der Waals surface area (Å²) in [6.45, 7) is 2.01. The maximum absolute atomic E-state index is 12.9.